The maximum atomic E-state index is 2.48. The van der Waals surface area contributed by atoms with Crippen molar-refractivity contribution in [1.29, 1.82) is 0 Å². The number of hydrogen-bond donors (Lipinski definition) is 0. The molecule has 0 radical (unpaired) electrons. The molecule has 0 amide bonds. The lowest BCUT2D eigenvalue weighted by Crippen LogP contribution is -1.95. The first-order valence-electron chi connectivity index (χ1n) is 16.0. The third-order valence-corrected chi connectivity index (χ3v) is 10.7. The predicted octanol–water partition coefficient (Wildman–Crippen LogP) is 12.0. The van der Waals surface area contributed by atoms with E-state index < -0.39 is 0 Å². The van der Waals surface area contributed by atoms with Crippen molar-refractivity contribution in [1.82, 2.24) is 8.97 Å². The molecule has 0 N–H and O–H groups in total. The van der Waals surface area contributed by atoms with E-state index in [-0.39, 0.29) is 0 Å². The summed E-state index contributed by atoms with van der Waals surface area (Å²) in [5, 5.41) is 18.2. The van der Waals surface area contributed by atoms with Crippen molar-refractivity contribution in [3.05, 3.63) is 146 Å². The van der Waals surface area contributed by atoms with E-state index >= 15 is 0 Å². The minimum absolute atomic E-state index is 1.20. The zero-order valence-electron chi connectivity index (χ0n) is 24.8. The summed E-state index contributed by atoms with van der Waals surface area (Å²) < 4.78 is 4.95. The van der Waals surface area contributed by atoms with E-state index in [0.717, 1.165) is 0 Å². The van der Waals surface area contributed by atoms with Gasteiger partial charge in [-0.2, -0.15) is 0 Å². The number of fused-ring (bicyclic) bond motifs is 10. The monoisotopic (exact) mass is 580 g/mol. The van der Waals surface area contributed by atoms with Crippen LogP contribution in [-0.2, 0) is 0 Å². The maximum Gasteiger partial charge on any atom is 0.0620 e. The van der Waals surface area contributed by atoms with Gasteiger partial charge in [0.05, 0.1) is 27.6 Å². The predicted molar refractivity (Wildman–Crippen MR) is 197 cm³/mol. The van der Waals surface area contributed by atoms with Crippen LogP contribution in [0.1, 0.15) is 0 Å². The average molecular weight is 581 g/mol. The first kappa shape index (κ1) is 23.3. The summed E-state index contributed by atoms with van der Waals surface area (Å²) in [6.45, 7) is 0. The van der Waals surface area contributed by atoms with Gasteiger partial charge in [0.2, 0.25) is 0 Å². The number of benzene rings is 9. The molecule has 12 rings (SSSR count). The minimum Gasteiger partial charge on any atom is -0.309 e. The summed E-state index contributed by atoms with van der Waals surface area (Å²) in [6, 6.07) is 54.6. The maximum absolute atomic E-state index is 2.48. The van der Waals surface area contributed by atoms with Gasteiger partial charge in [0.25, 0.3) is 0 Å². The van der Waals surface area contributed by atoms with Crippen LogP contribution in [0.3, 0.4) is 0 Å². The lowest BCUT2D eigenvalue weighted by molar-refractivity contribution is 1.19. The van der Waals surface area contributed by atoms with Gasteiger partial charge in [0.15, 0.2) is 0 Å². The topological polar surface area (TPSA) is 9.34 Å². The summed E-state index contributed by atoms with van der Waals surface area (Å²) in [7, 11) is 0. The molecule has 0 atom stereocenters. The molecule has 0 aliphatic rings. The van der Waals surface area contributed by atoms with Crippen LogP contribution in [0, 0.1) is 0 Å². The Morgan fingerprint density at radius 1 is 0.304 bits per heavy atom. The Morgan fingerprint density at radius 3 is 1.57 bits per heavy atom. The van der Waals surface area contributed by atoms with E-state index in [2.05, 4.69) is 155 Å². The van der Waals surface area contributed by atoms with Gasteiger partial charge in [-0.15, -0.1) is 0 Å². The number of hydrogen-bond acceptors (Lipinski definition) is 0. The first-order chi connectivity index (χ1) is 22.8. The van der Waals surface area contributed by atoms with Crippen molar-refractivity contribution in [3.8, 4) is 5.69 Å². The molecule has 0 saturated heterocycles. The molecule has 46 heavy (non-hydrogen) atoms. The summed E-state index contributed by atoms with van der Waals surface area (Å²) in [5.74, 6) is 0. The summed E-state index contributed by atoms with van der Waals surface area (Å²) in [6.07, 6.45) is 0. The van der Waals surface area contributed by atoms with Crippen molar-refractivity contribution in [2.45, 2.75) is 0 Å². The molecule has 0 spiro atoms. The van der Waals surface area contributed by atoms with Gasteiger partial charge in [-0.25, -0.2) is 0 Å². The normalized spacial score (nSPS) is 12.8. The largest absolute Gasteiger partial charge is 0.309 e. The molecule has 0 aliphatic heterocycles. The fourth-order valence-electron chi connectivity index (χ4n) is 8.78. The van der Waals surface area contributed by atoms with E-state index in [1.165, 1.54) is 109 Å². The molecule has 0 unspecified atom stereocenters. The van der Waals surface area contributed by atoms with E-state index in [4.69, 9.17) is 0 Å². The second-order valence-corrected chi connectivity index (χ2v) is 13.0. The zero-order chi connectivity index (χ0) is 29.7. The molecule has 2 heteroatoms. The molecule has 9 aromatic carbocycles. The molecule has 3 heterocycles. The van der Waals surface area contributed by atoms with Crippen molar-refractivity contribution in [3.63, 3.8) is 0 Å². The van der Waals surface area contributed by atoms with Crippen molar-refractivity contribution < 1.29 is 0 Å². The number of para-hydroxylation sites is 3. The standard InChI is InChI=1S/C44H24N2/c1-4-14-39-32(9-1)34-11-6-12-35-37-22-30-23-40-36(21-29(30)24-41(37)46(39)44(34)35)33-10-2-3-13-38(33)45(40)31-19-27-17-15-25-7-5-8-26-16-18-28(20-31)43(27)42(25)26/h1-24H. The minimum atomic E-state index is 1.20. The third-order valence-electron chi connectivity index (χ3n) is 10.7. The van der Waals surface area contributed by atoms with Gasteiger partial charge in [0, 0.05) is 38.0 Å². The number of rotatable bonds is 1. The number of aromatic nitrogens is 2. The highest BCUT2D eigenvalue weighted by Gasteiger charge is 2.19. The van der Waals surface area contributed by atoms with Gasteiger partial charge in [0.1, 0.15) is 0 Å². The molecule has 0 fully saturated rings. The Morgan fingerprint density at radius 2 is 0.826 bits per heavy atom. The fourth-order valence-corrected chi connectivity index (χ4v) is 8.78. The van der Waals surface area contributed by atoms with E-state index in [1.807, 2.05) is 0 Å². The average Bonchev–Trinajstić information content (AvgIpc) is 3.73. The molecule has 0 bridgehead atoms. The van der Waals surface area contributed by atoms with Crippen LogP contribution in [-0.4, -0.2) is 8.97 Å². The lowest BCUT2D eigenvalue weighted by atomic mass is 9.94. The second kappa shape index (κ2) is 7.93. The first-order valence-corrected chi connectivity index (χ1v) is 16.0. The Hall–Kier alpha value is -6.12. The van der Waals surface area contributed by atoms with Crippen LogP contribution in [0.5, 0.6) is 0 Å². The quantitative estimate of drug-likeness (QED) is 0.171. The summed E-state index contributed by atoms with van der Waals surface area (Å²) in [4.78, 5) is 0. The Kier molecular flexibility index (Phi) is 4.01. The van der Waals surface area contributed by atoms with Gasteiger partial charge < -0.3 is 8.97 Å². The van der Waals surface area contributed by atoms with E-state index in [0.29, 0.717) is 0 Å². The van der Waals surface area contributed by atoms with Crippen LogP contribution >= 0.6 is 0 Å². The van der Waals surface area contributed by atoms with Gasteiger partial charge in [-0.3, -0.25) is 0 Å². The van der Waals surface area contributed by atoms with Gasteiger partial charge in [-0.05, 0) is 91.6 Å². The molecular formula is C44H24N2. The highest BCUT2D eigenvalue weighted by atomic mass is 15.0. The van der Waals surface area contributed by atoms with Gasteiger partial charge >= 0.3 is 0 Å². The SMILES string of the molecule is c1cc2ccc3cc(-n4c5ccccc5c5cc6cc7c(cc6cc54)c4cccc5c6ccccc6n7c54)cc4ccc(c1)c2c34. The molecule has 12 aromatic rings. The van der Waals surface area contributed by atoms with Gasteiger partial charge in [-0.1, -0.05) is 97.1 Å². The Bertz CT molecular complexity index is 3180. The Labute approximate surface area is 262 Å². The smallest absolute Gasteiger partial charge is 0.0620 e. The summed E-state index contributed by atoms with van der Waals surface area (Å²) >= 11 is 0. The summed E-state index contributed by atoms with van der Waals surface area (Å²) in [5.41, 5.74) is 7.54. The molecule has 0 aliphatic carbocycles. The van der Waals surface area contributed by atoms with Crippen molar-refractivity contribution >= 4 is 103 Å². The van der Waals surface area contributed by atoms with Crippen molar-refractivity contribution in [2.24, 2.45) is 0 Å². The van der Waals surface area contributed by atoms with Crippen molar-refractivity contribution in [2.75, 3.05) is 0 Å². The lowest BCUT2D eigenvalue weighted by Gasteiger charge is -2.14. The molecule has 3 aromatic heterocycles. The fraction of sp³-hybridized carbons (Fsp3) is 0. The molecular weight excluding hydrogens is 556 g/mol. The molecule has 2 nitrogen and oxygen atoms in total. The Balaban J connectivity index is 1.20. The molecule has 0 saturated carbocycles. The zero-order valence-corrected chi connectivity index (χ0v) is 24.8. The van der Waals surface area contributed by atoms with E-state index in [1.54, 1.807) is 0 Å². The highest BCUT2D eigenvalue weighted by Crippen LogP contribution is 2.43. The second-order valence-electron chi connectivity index (χ2n) is 13.0. The van der Waals surface area contributed by atoms with E-state index in [9.17, 15) is 0 Å². The molecule has 210 valence electrons. The number of nitrogens with zero attached hydrogens (tertiary/aromatic N) is 2. The van der Waals surface area contributed by atoms with Crippen LogP contribution in [0.15, 0.2) is 146 Å². The third kappa shape index (κ3) is 2.71. The van der Waals surface area contributed by atoms with Crippen LogP contribution in [0.4, 0.5) is 0 Å². The van der Waals surface area contributed by atoms with Crippen LogP contribution in [0.25, 0.3) is 109 Å². The van der Waals surface area contributed by atoms with Crippen LogP contribution < -0.4 is 0 Å². The van der Waals surface area contributed by atoms with Crippen LogP contribution in [0.2, 0.25) is 0 Å². The highest BCUT2D eigenvalue weighted by molar-refractivity contribution is 6.26.